The number of pyridine rings is 1. The lowest BCUT2D eigenvalue weighted by Crippen LogP contribution is -2.39. The highest BCUT2D eigenvalue weighted by molar-refractivity contribution is 7.19. The Labute approximate surface area is 229 Å². The third kappa shape index (κ3) is 5.30. The highest BCUT2D eigenvalue weighted by atomic mass is 32.1. The van der Waals surface area contributed by atoms with Crippen LogP contribution in [0.15, 0.2) is 42.6 Å². The minimum atomic E-state index is -0.0370. The van der Waals surface area contributed by atoms with Gasteiger partial charge in [0.05, 0.1) is 28.8 Å². The van der Waals surface area contributed by atoms with E-state index in [4.69, 9.17) is 15.5 Å². The maximum Gasteiger partial charge on any atom is 0.173 e. The maximum atomic E-state index is 13.2. The van der Waals surface area contributed by atoms with Crippen LogP contribution in [0.25, 0.3) is 22.4 Å². The van der Waals surface area contributed by atoms with Crippen LogP contribution in [0.5, 0.6) is 0 Å². The van der Waals surface area contributed by atoms with E-state index in [1.165, 1.54) is 21.7 Å². The lowest BCUT2D eigenvalue weighted by Gasteiger charge is -2.30. The summed E-state index contributed by atoms with van der Waals surface area (Å²) in [5, 5.41) is 1.21. The molecule has 6 nitrogen and oxygen atoms in total. The number of ketones is 1. The largest absolute Gasteiger partial charge is 0.378 e. The highest BCUT2D eigenvalue weighted by Gasteiger charge is 2.37. The van der Waals surface area contributed by atoms with Gasteiger partial charge in [0.2, 0.25) is 0 Å². The molecule has 0 bridgehead atoms. The number of hydrogen-bond donors (Lipinski definition) is 1. The predicted octanol–water partition coefficient (Wildman–Crippen LogP) is 5.39. The molecule has 2 aliphatic heterocycles. The Morgan fingerprint density at radius 3 is 2.63 bits per heavy atom. The zero-order valence-electron chi connectivity index (χ0n) is 22.5. The zero-order chi connectivity index (χ0) is 26.3. The Balaban J connectivity index is 1.36. The van der Waals surface area contributed by atoms with Gasteiger partial charge in [0.1, 0.15) is 0 Å². The average molecular weight is 531 g/mol. The van der Waals surface area contributed by atoms with Crippen molar-refractivity contribution < 1.29 is 9.53 Å². The normalized spacial score (nSPS) is 20.5. The molecule has 0 radical (unpaired) electrons. The summed E-state index contributed by atoms with van der Waals surface area (Å²) >= 11 is 1.68. The minimum absolute atomic E-state index is 0.0370. The number of hydrogen-bond acceptors (Lipinski definition) is 7. The van der Waals surface area contributed by atoms with Crippen molar-refractivity contribution in [3.8, 4) is 22.4 Å². The second-order valence-electron chi connectivity index (χ2n) is 11.9. The van der Waals surface area contributed by atoms with Crippen molar-refractivity contribution in [1.82, 2.24) is 9.88 Å². The number of fused-ring (bicyclic) bond motifs is 1. The maximum absolute atomic E-state index is 13.2. The first kappa shape index (κ1) is 25.7. The summed E-state index contributed by atoms with van der Waals surface area (Å²) in [4.78, 5) is 23.9. The van der Waals surface area contributed by atoms with E-state index in [1.54, 1.807) is 11.3 Å². The number of aromatic nitrogens is 1. The van der Waals surface area contributed by atoms with E-state index in [0.29, 0.717) is 12.5 Å². The second-order valence-corrected chi connectivity index (χ2v) is 12.9. The van der Waals surface area contributed by atoms with Crippen LogP contribution >= 0.6 is 11.3 Å². The van der Waals surface area contributed by atoms with Crippen molar-refractivity contribution >= 4 is 22.1 Å². The third-order valence-corrected chi connectivity index (χ3v) is 9.48. The minimum Gasteiger partial charge on any atom is -0.378 e. The summed E-state index contributed by atoms with van der Waals surface area (Å²) in [6, 6.07) is 13.5. The molecule has 0 amide bonds. The van der Waals surface area contributed by atoms with E-state index < -0.39 is 0 Å². The van der Waals surface area contributed by atoms with Gasteiger partial charge in [-0.1, -0.05) is 32.0 Å². The Morgan fingerprint density at radius 2 is 1.84 bits per heavy atom. The standard InChI is InChI=1S/C31H38N4O2S/c1-31(2)18-25-28(30(35-12-14-37-15-13-35)38-29(25)27(36)19-31)23-6-9-33-26(17-23)22-5-3-4-21(16-22)20-34-10-7-24(32)8-11-34/h3-6,9,16-17,24H,7-8,10-15,18-20,32H2,1-2H3. The lowest BCUT2D eigenvalue weighted by atomic mass is 9.75. The molecule has 7 heteroatoms. The summed E-state index contributed by atoms with van der Waals surface area (Å²) in [7, 11) is 0. The van der Waals surface area contributed by atoms with Crippen LogP contribution in [-0.4, -0.2) is 61.1 Å². The number of rotatable bonds is 5. The van der Waals surface area contributed by atoms with Gasteiger partial charge in [0, 0.05) is 49.4 Å². The van der Waals surface area contributed by atoms with Gasteiger partial charge >= 0.3 is 0 Å². The number of morpholine rings is 1. The van der Waals surface area contributed by atoms with Gasteiger partial charge in [-0.25, -0.2) is 0 Å². The van der Waals surface area contributed by atoms with E-state index in [-0.39, 0.29) is 11.2 Å². The summed E-state index contributed by atoms with van der Waals surface area (Å²) < 4.78 is 5.65. The number of likely N-dealkylation sites (tertiary alicyclic amines) is 1. The van der Waals surface area contributed by atoms with Crippen LogP contribution in [0.2, 0.25) is 0 Å². The molecule has 2 saturated heterocycles. The van der Waals surface area contributed by atoms with Gasteiger partial charge in [-0.2, -0.15) is 0 Å². The number of benzene rings is 1. The number of piperidine rings is 1. The van der Waals surface area contributed by atoms with Crippen LogP contribution < -0.4 is 10.6 Å². The molecular weight excluding hydrogens is 492 g/mol. The number of nitrogens with two attached hydrogens (primary N) is 1. The van der Waals surface area contributed by atoms with Crippen molar-refractivity contribution in [2.45, 2.75) is 52.1 Å². The highest BCUT2D eigenvalue weighted by Crippen LogP contribution is 2.49. The zero-order valence-corrected chi connectivity index (χ0v) is 23.4. The SMILES string of the molecule is CC1(C)CC(=O)c2sc(N3CCOCC3)c(-c3ccnc(-c4cccc(CN5CCC(N)CC5)c4)c3)c2C1. The fourth-order valence-corrected chi connectivity index (χ4v) is 7.46. The summed E-state index contributed by atoms with van der Waals surface area (Å²) in [6.07, 6.45) is 5.58. The smallest absolute Gasteiger partial charge is 0.173 e. The summed E-state index contributed by atoms with van der Waals surface area (Å²) in [6.45, 7) is 10.6. The van der Waals surface area contributed by atoms with Gasteiger partial charge in [-0.05, 0) is 72.7 Å². The Kier molecular flexibility index (Phi) is 7.12. The molecular formula is C31H38N4O2S. The molecule has 3 aromatic rings. The van der Waals surface area contributed by atoms with Gasteiger partial charge in [0.25, 0.3) is 0 Å². The van der Waals surface area contributed by atoms with Gasteiger partial charge in [-0.15, -0.1) is 11.3 Å². The Bertz CT molecular complexity index is 1320. The topological polar surface area (TPSA) is 71.7 Å². The molecule has 6 rings (SSSR count). The van der Waals surface area contributed by atoms with Crippen molar-refractivity contribution in [1.29, 1.82) is 0 Å². The summed E-state index contributed by atoms with van der Waals surface area (Å²) in [5.41, 5.74) is 13.1. The number of Topliss-reactive ketones (excluding diaryl/α,β-unsaturated/α-hetero) is 1. The molecule has 0 atom stereocenters. The average Bonchev–Trinajstić information content (AvgIpc) is 3.29. The number of carbonyl (C=O) groups excluding carboxylic acids is 1. The van der Waals surface area contributed by atoms with Crippen LogP contribution in [0.4, 0.5) is 5.00 Å². The van der Waals surface area contributed by atoms with Crippen LogP contribution in [0.1, 0.15) is 53.9 Å². The first-order valence-electron chi connectivity index (χ1n) is 13.9. The van der Waals surface area contributed by atoms with Crippen molar-refractivity contribution in [3.05, 3.63) is 58.6 Å². The van der Waals surface area contributed by atoms with E-state index in [9.17, 15) is 4.79 Å². The molecule has 2 fully saturated rings. The quantitative estimate of drug-likeness (QED) is 0.477. The molecule has 2 aromatic heterocycles. The van der Waals surface area contributed by atoms with E-state index in [1.807, 2.05) is 6.20 Å². The predicted molar refractivity (Wildman–Crippen MR) is 155 cm³/mol. The van der Waals surface area contributed by atoms with E-state index in [0.717, 1.165) is 86.9 Å². The fraction of sp³-hybridized carbons (Fsp3) is 0.484. The first-order valence-corrected chi connectivity index (χ1v) is 14.7. The van der Waals surface area contributed by atoms with Gasteiger partial charge in [-0.3, -0.25) is 14.7 Å². The van der Waals surface area contributed by atoms with Crippen molar-refractivity contribution in [3.63, 3.8) is 0 Å². The van der Waals surface area contributed by atoms with Crippen molar-refractivity contribution in [2.75, 3.05) is 44.3 Å². The van der Waals surface area contributed by atoms with Crippen LogP contribution in [0.3, 0.4) is 0 Å². The molecule has 2 N–H and O–H groups in total. The molecule has 1 aliphatic carbocycles. The Hall–Kier alpha value is -2.58. The number of carbonyl (C=O) groups is 1. The summed E-state index contributed by atoms with van der Waals surface area (Å²) in [5.74, 6) is 0.280. The van der Waals surface area contributed by atoms with E-state index >= 15 is 0 Å². The molecule has 0 unspecified atom stereocenters. The molecule has 38 heavy (non-hydrogen) atoms. The fourth-order valence-electron chi connectivity index (χ4n) is 6.13. The number of thiophene rings is 1. The van der Waals surface area contributed by atoms with Gasteiger partial charge in [0.15, 0.2) is 5.78 Å². The molecule has 0 spiro atoms. The van der Waals surface area contributed by atoms with Gasteiger partial charge < -0.3 is 15.4 Å². The first-order chi connectivity index (χ1) is 18.4. The van der Waals surface area contributed by atoms with Crippen LogP contribution in [0, 0.1) is 5.41 Å². The molecule has 0 saturated carbocycles. The molecule has 3 aliphatic rings. The molecule has 4 heterocycles. The second kappa shape index (κ2) is 10.5. The van der Waals surface area contributed by atoms with E-state index in [2.05, 4.69) is 60.0 Å². The van der Waals surface area contributed by atoms with Crippen molar-refractivity contribution in [2.24, 2.45) is 11.1 Å². The molecule has 200 valence electrons. The number of anilines is 1. The molecule has 1 aromatic carbocycles. The number of nitrogens with zero attached hydrogens (tertiary/aromatic N) is 3. The monoisotopic (exact) mass is 530 g/mol. The third-order valence-electron chi connectivity index (χ3n) is 8.14. The lowest BCUT2D eigenvalue weighted by molar-refractivity contribution is 0.0918. The number of ether oxygens (including phenoxy) is 1. The Morgan fingerprint density at radius 1 is 1.05 bits per heavy atom. The van der Waals surface area contributed by atoms with Crippen LogP contribution in [-0.2, 0) is 17.7 Å².